The number of hydrogen-bond donors (Lipinski definition) is 0. The van der Waals surface area contributed by atoms with Crippen LogP contribution in [0.4, 0.5) is 0 Å². The SMILES string of the molecule is CN(CC1CCCC1)C(=O)c1cccs1. The first-order valence-electron chi connectivity index (χ1n) is 5.56. The lowest BCUT2D eigenvalue weighted by molar-refractivity contribution is 0.0778. The van der Waals surface area contributed by atoms with Gasteiger partial charge < -0.3 is 4.90 Å². The van der Waals surface area contributed by atoms with Gasteiger partial charge >= 0.3 is 0 Å². The van der Waals surface area contributed by atoms with E-state index in [-0.39, 0.29) is 5.91 Å². The van der Waals surface area contributed by atoms with Gasteiger partial charge in [0.15, 0.2) is 0 Å². The third-order valence-corrected chi connectivity index (χ3v) is 3.94. The fraction of sp³-hybridized carbons (Fsp3) is 0.583. The molecule has 0 spiro atoms. The normalized spacial score (nSPS) is 16.9. The molecule has 1 aromatic rings. The maximum absolute atomic E-state index is 11.9. The van der Waals surface area contributed by atoms with Crippen molar-refractivity contribution in [2.45, 2.75) is 25.7 Å². The molecule has 1 saturated carbocycles. The van der Waals surface area contributed by atoms with Gasteiger partial charge in [-0.25, -0.2) is 0 Å². The van der Waals surface area contributed by atoms with Crippen LogP contribution in [0.5, 0.6) is 0 Å². The second-order valence-electron chi connectivity index (χ2n) is 4.31. The summed E-state index contributed by atoms with van der Waals surface area (Å²) in [5.41, 5.74) is 0. The van der Waals surface area contributed by atoms with E-state index in [1.54, 1.807) is 0 Å². The van der Waals surface area contributed by atoms with Crippen molar-refractivity contribution >= 4 is 17.2 Å². The molecule has 0 radical (unpaired) electrons. The van der Waals surface area contributed by atoms with Gasteiger partial charge in [0.1, 0.15) is 0 Å². The van der Waals surface area contributed by atoms with E-state index in [4.69, 9.17) is 0 Å². The van der Waals surface area contributed by atoms with Crippen molar-refractivity contribution in [2.24, 2.45) is 5.92 Å². The molecule has 0 aliphatic heterocycles. The molecule has 0 bridgehead atoms. The van der Waals surface area contributed by atoms with E-state index in [2.05, 4.69) is 0 Å². The maximum Gasteiger partial charge on any atom is 0.263 e. The van der Waals surface area contributed by atoms with Gasteiger partial charge in [0.2, 0.25) is 0 Å². The van der Waals surface area contributed by atoms with Gasteiger partial charge in [-0.3, -0.25) is 4.79 Å². The Labute approximate surface area is 94.9 Å². The number of carbonyl (C=O) groups excluding carboxylic acids is 1. The van der Waals surface area contributed by atoms with Crippen LogP contribution >= 0.6 is 11.3 Å². The first-order chi connectivity index (χ1) is 7.27. The zero-order valence-corrected chi connectivity index (χ0v) is 9.93. The number of rotatable bonds is 3. The fourth-order valence-electron chi connectivity index (χ4n) is 2.25. The monoisotopic (exact) mass is 223 g/mol. The summed E-state index contributed by atoms with van der Waals surface area (Å²) in [4.78, 5) is 14.7. The predicted octanol–water partition coefficient (Wildman–Crippen LogP) is 3.01. The van der Waals surface area contributed by atoms with E-state index in [0.717, 1.165) is 17.3 Å². The largest absolute Gasteiger partial charge is 0.341 e. The number of amides is 1. The Morgan fingerprint density at radius 3 is 2.87 bits per heavy atom. The highest BCUT2D eigenvalue weighted by atomic mass is 32.1. The van der Waals surface area contributed by atoms with Crippen LogP contribution < -0.4 is 0 Å². The van der Waals surface area contributed by atoms with Gasteiger partial charge in [0.05, 0.1) is 4.88 Å². The Hall–Kier alpha value is -0.830. The van der Waals surface area contributed by atoms with Crippen LogP contribution in [-0.4, -0.2) is 24.4 Å². The van der Waals surface area contributed by atoms with E-state index < -0.39 is 0 Å². The molecule has 0 unspecified atom stereocenters. The molecule has 3 heteroatoms. The third-order valence-electron chi connectivity index (χ3n) is 3.09. The molecule has 1 aliphatic carbocycles. The van der Waals surface area contributed by atoms with Crippen molar-refractivity contribution in [1.29, 1.82) is 0 Å². The minimum absolute atomic E-state index is 0.178. The molecule has 1 aliphatic rings. The van der Waals surface area contributed by atoms with E-state index in [9.17, 15) is 4.79 Å². The highest BCUT2D eigenvalue weighted by Crippen LogP contribution is 2.25. The molecule has 1 heterocycles. The van der Waals surface area contributed by atoms with Crippen molar-refractivity contribution in [3.8, 4) is 0 Å². The van der Waals surface area contributed by atoms with Gasteiger partial charge in [0.25, 0.3) is 5.91 Å². The zero-order valence-electron chi connectivity index (χ0n) is 9.11. The van der Waals surface area contributed by atoms with Crippen LogP contribution in [0.3, 0.4) is 0 Å². The van der Waals surface area contributed by atoms with Gasteiger partial charge in [-0.1, -0.05) is 18.9 Å². The molecule has 2 rings (SSSR count). The lowest BCUT2D eigenvalue weighted by atomic mass is 10.1. The van der Waals surface area contributed by atoms with Crippen molar-refractivity contribution in [2.75, 3.05) is 13.6 Å². The van der Waals surface area contributed by atoms with Crippen LogP contribution in [-0.2, 0) is 0 Å². The summed E-state index contributed by atoms with van der Waals surface area (Å²) < 4.78 is 0. The lowest BCUT2D eigenvalue weighted by Crippen LogP contribution is -2.30. The van der Waals surface area contributed by atoms with Crippen LogP contribution in [0.1, 0.15) is 35.4 Å². The van der Waals surface area contributed by atoms with Crippen LogP contribution in [0.2, 0.25) is 0 Å². The van der Waals surface area contributed by atoms with E-state index >= 15 is 0 Å². The average molecular weight is 223 g/mol. The lowest BCUT2D eigenvalue weighted by Gasteiger charge is -2.20. The van der Waals surface area contributed by atoms with Gasteiger partial charge in [0, 0.05) is 13.6 Å². The van der Waals surface area contributed by atoms with E-state index in [1.165, 1.54) is 37.0 Å². The summed E-state index contributed by atoms with van der Waals surface area (Å²) in [6.07, 6.45) is 5.27. The molecule has 2 nitrogen and oxygen atoms in total. The molecule has 82 valence electrons. The quantitative estimate of drug-likeness (QED) is 0.771. The Morgan fingerprint density at radius 2 is 2.27 bits per heavy atom. The predicted molar refractivity (Wildman–Crippen MR) is 63.2 cm³/mol. The molecular formula is C12H17NOS. The topological polar surface area (TPSA) is 20.3 Å². The molecule has 1 aromatic heterocycles. The van der Waals surface area contributed by atoms with Gasteiger partial charge in [-0.15, -0.1) is 11.3 Å². The summed E-state index contributed by atoms with van der Waals surface area (Å²) in [5.74, 6) is 0.913. The van der Waals surface area contributed by atoms with Crippen molar-refractivity contribution in [3.63, 3.8) is 0 Å². The standard InChI is InChI=1S/C12H17NOS/c1-13(9-10-5-2-3-6-10)12(14)11-7-4-8-15-11/h4,7-8,10H,2-3,5-6,9H2,1H3. The third kappa shape index (κ3) is 2.59. The summed E-state index contributed by atoms with van der Waals surface area (Å²) in [6, 6.07) is 3.83. The summed E-state index contributed by atoms with van der Waals surface area (Å²) >= 11 is 1.53. The minimum atomic E-state index is 0.178. The zero-order chi connectivity index (χ0) is 10.7. The summed E-state index contributed by atoms with van der Waals surface area (Å²) in [6.45, 7) is 0.927. The van der Waals surface area contributed by atoms with Crippen LogP contribution in [0.15, 0.2) is 17.5 Å². The molecule has 0 N–H and O–H groups in total. The summed E-state index contributed by atoms with van der Waals surface area (Å²) in [7, 11) is 1.92. The molecule has 1 fully saturated rings. The van der Waals surface area contributed by atoms with E-state index in [1.807, 2.05) is 29.5 Å². The first kappa shape index (κ1) is 10.7. The number of carbonyl (C=O) groups is 1. The Morgan fingerprint density at radius 1 is 1.53 bits per heavy atom. The van der Waals surface area contributed by atoms with Gasteiger partial charge in [-0.2, -0.15) is 0 Å². The molecule has 15 heavy (non-hydrogen) atoms. The first-order valence-corrected chi connectivity index (χ1v) is 6.44. The van der Waals surface area contributed by atoms with Crippen molar-refractivity contribution < 1.29 is 4.79 Å². The summed E-state index contributed by atoms with van der Waals surface area (Å²) in [5, 5.41) is 1.96. The highest BCUT2D eigenvalue weighted by molar-refractivity contribution is 7.12. The van der Waals surface area contributed by atoms with Crippen LogP contribution in [0, 0.1) is 5.92 Å². The average Bonchev–Trinajstić information content (AvgIpc) is 2.88. The second-order valence-corrected chi connectivity index (χ2v) is 5.26. The smallest absolute Gasteiger partial charge is 0.263 e. The molecule has 0 atom stereocenters. The second kappa shape index (κ2) is 4.79. The molecule has 1 amide bonds. The van der Waals surface area contributed by atoms with E-state index in [0.29, 0.717) is 0 Å². The Kier molecular flexibility index (Phi) is 3.41. The number of nitrogens with zero attached hydrogens (tertiary/aromatic N) is 1. The number of hydrogen-bond acceptors (Lipinski definition) is 2. The molecule has 0 aromatic carbocycles. The fourth-order valence-corrected chi connectivity index (χ4v) is 2.97. The maximum atomic E-state index is 11.9. The molecule has 0 saturated heterocycles. The molecular weight excluding hydrogens is 206 g/mol. The van der Waals surface area contributed by atoms with Gasteiger partial charge in [-0.05, 0) is 30.2 Å². The van der Waals surface area contributed by atoms with Crippen LogP contribution in [0.25, 0.3) is 0 Å². The minimum Gasteiger partial charge on any atom is -0.341 e. The Balaban J connectivity index is 1.90. The van der Waals surface area contributed by atoms with Crippen molar-refractivity contribution in [3.05, 3.63) is 22.4 Å². The number of thiophene rings is 1. The highest BCUT2D eigenvalue weighted by Gasteiger charge is 2.20. The van der Waals surface area contributed by atoms with Crippen molar-refractivity contribution in [1.82, 2.24) is 4.90 Å². The Bertz CT molecular complexity index is 314.